The summed E-state index contributed by atoms with van der Waals surface area (Å²) in [5.74, 6) is -0.0993. The maximum absolute atomic E-state index is 12.0. The van der Waals surface area contributed by atoms with Gasteiger partial charge >= 0.3 is 0 Å². The number of carbonyl (C=O) groups is 2. The van der Waals surface area contributed by atoms with Crippen LogP contribution in [-0.4, -0.2) is 60.4 Å². The fourth-order valence-electron chi connectivity index (χ4n) is 2.86. The van der Waals surface area contributed by atoms with Gasteiger partial charge in [-0.1, -0.05) is 13.3 Å². The number of hydrogen-bond donors (Lipinski definition) is 1. The lowest BCUT2D eigenvalue weighted by Gasteiger charge is -2.32. The zero-order valence-electron chi connectivity index (χ0n) is 11.3. The van der Waals surface area contributed by atoms with Crippen LogP contribution in [0.3, 0.4) is 0 Å². The van der Waals surface area contributed by atoms with Gasteiger partial charge in [0.05, 0.1) is 12.5 Å². The molecule has 2 fully saturated rings. The molecule has 0 spiro atoms. The molecule has 0 aromatic rings. The van der Waals surface area contributed by atoms with Crippen LogP contribution in [-0.2, 0) is 9.59 Å². The summed E-state index contributed by atoms with van der Waals surface area (Å²) in [5.41, 5.74) is 0. The highest BCUT2D eigenvalue weighted by Crippen LogP contribution is 2.18. The number of piperidine rings is 1. The van der Waals surface area contributed by atoms with Gasteiger partial charge in [-0.2, -0.15) is 0 Å². The van der Waals surface area contributed by atoms with Gasteiger partial charge in [0.2, 0.25) is 11.8 Å². The third-order valence-corrected chi connectivity index (χ3v) is 4.07. The molecule has 2 amide bonds. The molecule has 1 N–H and O–H groups in total. The number of amides is 2. The third-order valence-electron chi connectivity index (χ3n) is 4.07. The van der Waals surface area contributed by atoms with Crippen molar-refractivity contribution in [1.29, 1.82) is 0 Å². The van der Waals surface area contributed by atoms with Crippen LogP contribution in [0.25, 0.3) is 0 Å². The van der Waals surface area contributed by atoms with E-state index in [2.05, 4.69) is 17.1 Å². The Morgan fingerprint density at radius 1 is 1.39 bits per heavy atom. The fraction of sp³-hybridized carbons (Fsp3) is 0.846. The van der Waals surface area contributed by atoms with Crippen LogP contribution in [0.2, 0.25) is 0 Å². The van der Waals surface area contributed by atoms with Gasteiger partial charge < -0.3 is 5.32 Å². The van der Waals surface area contributed by atoms with Gasteiger partial charge in [0, 0.05) is 19.6 Å². The molecule has 2 saturated heterocycles. The van der Waals surface area contributed by atoms with E-state index in [1.807, 2.05) is 0 Å². The number of nitrogens with one attached hydrogen (secondary N) is 1. The summed E-state index contributed by atoms with van der Waals surface area (Å²) >= 11 is 0. The highest BCUT2D eigenvalue weighted by atomic mass is 16.2. The molecule has 0 aliphatic carbocycles. The van der Waals surface area contributed by atoms with Crippen molar-refractivity contribution < 1.29 is 9.59 Å². The van der Waals surface area contributed by atoms with Gasteiger partial charge in [0.1, 0.15) is 0 Å². The maximum Gasteiger partial charge on any atom is 0.246 e. The lowest BCUT2D eigenvalue weighted by Crippen LogP contribution is -2.49. The predicted molar refractivity (Wildman–Crippen MR) is 69.1 cm³/mol. The molecule has 2 rings (SSSR count). The molecule has 0 radical (unpaired) electrons. The zero-order chi connectivity index (χ0) is 13.1. The van der Waals surface area contributed by atoms with E-state index in [1.165, 1.54) is 24.2 Å². The highest BCUT2D eigenvalue weighted by Gasteiger charge is 2.39. The van der Waals surface area contributed by atoms with Crippen LogP contribution < -0.4 is 5.32 Å². The zero-order valence-corrected chi connectivity index (χ0v) is 11.3. The molecule has 102 valence electrons. The molecule has 18 heavy (non-hydrogen) atoms. The molecule has 2 unspecified atom stereocenters. The molecule has 5 nitrogen and oxygen atoms in total. The van der Waals surface area contributed by atoms with Crippen molar-refractivity contribution in [1.82, 2.24) is 15.1 Å². The van der Waals surface area contributed by atoms with E-state index >= 15 is 0 Å². The van der Waals surface area contributed by atoms with Gasteiger partial charge in [-0.15, -0.1) is 0 Å². The summed E-state index contributed by atoms with van der Waals surface area (Å²) in [5, 5.41) is 3.49. The van der Waals surface area contributed by atoms with E-state index < -0.39 is 0 Å². The van der Waals surface area contributed by atoms with Gasteiger partial charge in [-0.25, -0.2) is 0 Å². The van der Waals surface area contributed by atoms with Gasteiger partial charge in [-0.05, 0) is 25.9 Å². The summed E-state index contributed by atoms with van der Waals surface area (Å²) in [6, 6.07) is 0.226. The SMILES string of the molecule is CCN(CC1CCCCN1)C1CC(=O)N(C)C1=O. The van der Waals surface area contributed by atoms with E-state index in [0.717, 1.165) is 19.6 Å². The Labute approximate surface area is 108 Å². The van der Waals surface area contributed by atoms with Crippen molar-refractivity contribution in [2.24, 2.45) is 0 Å². The van der Waals surface area contributed by atoms with Crippen LogP contribution in [0.5, 0.6) is 0 Å². The molecule has 2 heterocycles. The first-order chi connectivity index (χ1) is 8.63. The standard InChI is InChI=1S/C13H23N3O2/c1-3-16(9-10-6-4-5-7-14-10)11-8-12(17)15(2)13(11)18/h10-11,14H,3-9H2,1-2H3. The number of imide groups is 1. The number of likely N-dealkylation sites (N-methyl/N-ethyl adjacent to an activating group) is 2. The summed E-state index contributed by atoms with van der Waals surface area (Å²) < 4.78 is 0. The minimum atomic E-state index is -0.240. The van der Waals surface area contributed by atoms with Crippen LogP contribution in [0, 0.1) is 0 Å². The minimum absolute atomic E-state index is 0.0438. The van der Waals surface area contributed by atoms with E-state index in [4.69, 9.17) is 0 Å². The van der Waals surface area contributed by atoms with E-state index in [0.29, 0.717) is 12.5 Å². The molecular weight excluding hydrogens is 230 g/mol. The summed E-state index contributed by atoms with van der Waals surface area (Å²) in [6.45, 7) is 4.81. The molecule has 0 saturated carbocycles. The molecule has 2 aliphatic heterocycles. The Kier molecular flexibility index (Phi) is 4.35. The maximum atomic E-state index is 12.0. The predicted octanol–water partition coefficient (Wildman–Crippen LogP) is 0.208. The lowest BCUT2D eigenvalue weighted by molar-refractivity contribution is -0.138. The van der Waals surface area contributed by atoms with Crippen molar-refractivity contribution in [2.45, 2.75) is 44.7 Å². The monoisotopic (exact) mass is 253 g/mol. The summed E-state index contributed by atoms with van der Waals surface area (Å²) in [7, 11) is 1.58. The number of likely N-dealkylation sites (tertiary alicyclic amines) is 1. The van der Waals surface area contributed by atoms with Crippen molar-refractivity contribution in [3.8, 4) is 0 Å². The largest absolute Gasteiger partial charge is 0.313 e. The second-order valence-electron chi connectivity index (χ2n) is 5.25. The Morgan fingerprint density at radius 2 is 2.17 bits per heavy atom. The van der Waals surface area contributed by atoms with Crippen molar-refractivity contribution in [3.63, 3.8) is 0 Å². The second-order valence-corrected chi connectivity index (χ2v) is 5.25. The van der Waals surface area contributed by atoms with Crippen molar-refractivity contribution in [3.05, 3.63) is 0 Å². The molecule has 2 atom stereocenters. The Hall–Kier alpha value is -0.940. The topological polar surface area (TPSA) is 52.7 Å². The van der Waals surface area contributed by atoms with E-state index in [9.17, 15) is 9.59 Å². The number of carbonyl (C=O) groups excluding carboxylic acids is 2. The first-order valence-corrected chi connectivity index (χ1v) is 6.91. The van der Waals surface area contributed by atoms with Crippen LogP contribution in [0.4, 0.5) is 0 Å². The third kappa shape index (κ3) is 2.72. The fourth-order valence-corrected chi connectivity index (χ4v) is 2.86. The molecule has 5 heteroatoms. The van der Waals surface area contributed by atoms with Crippen LogP contribution >= 0.6 is 0 Å². The van der Waals surface area contributed by atoms with Crippen LogP contribution in [0.15, 0.2) is 0 Å². The summed E-state index contributed by atoms with van der Waals surface area (Å²) in [4.78, 5) is 27.0. The Balaban J connectivity index is 1.96. The number of nitrogens with zero attached hydrogens (tertiary/aromatic N) is 2. The highest BCUT2D eigenvalue weighted by molar-refractivity contribution is 6.05. The minimum Gasteiger partial charge on any atom is -0.313 e. The van der Waals surface area contributed by atoms with Gasteiger partial charge in [0.25, 0.3) is 0 Å². The average Bonchev–Trinajstić information content (AvgIpc) is 2.65. The van der Waals surface area contributed by atoms with Crippen molar-refractivity contribution in [2.75, 3.05) is 26.7 Å². The smallest absolute Gasteiger partial charge is 0.246 e. The van der Waals surface area contributed by atoms with E-state index in [-0.39, 0.29) is 17.9 Å². The van der Waals surface area contributed by atoms with Gasteiger partial charge in [0.15, 0.2) is 0 Å². The first-order valence-electron chi connectivity index (χ1n) is 6.91. The van der Waals surface area contributed by atoms with E-state index in [1.54, 1.807) is 7.05 Å². The molecule has 2 aliphatic rings. The van der Waals surface area contributed by atoms with Crippen LogP contribution in [0.1, 0.15) is 32.6 Å². The quantitative estimate of drug-likeness (QED) is 0.728. The average molecular weight is 253 g/mol. The second kappa shape index (κ2) is 5.80. The number of rotatable bonds is 4. The molecular formula is C13H23N3O2. The Morgan fingerprint density at radius 3 is 2.67 bits per heavy atom. The van der Waals surface area contributed by atoms with Gasteiger partial charge in [-0.3, -0.25) is 19.4 Å². The lowest BCUT2D eigenvalue weighted by atomic mass is 10.0. The molecule has 0 aromatic heterocycles. The normalized spacial score (nSPS) is 29.4. The molecule has 0 aromatic carbocycles. The first kappa shape index (κ1) is 13.5. The number of hydrogen-bond acceptors (Lipinski definition) is 4. The Bertz CT molecular complexity index is 326. The van der Waals surface area contributed by atoms with Crippen molar-refractivity contribution >= 4 is 11.8 Å². The summed E-state index contributed by atoms with van der Waals surface area (Å²) in [6.07, 6.45) is 4.01. The molecule has 0 bridgehead atoms.